The second-order valence-electron chi connectivity index (χ2n) is 6.49. The van der Waals surface area contributed by atoms with Crippen molar-refractivity contribution in [3.05, 3.63) is 77.9 Å². The van der Waals surface area contributed by atoms with Crippen molar-refractivity contribution in [3.8, 4) is 0 Å². The first-order valence-electron chi connectivity index (χ1n) is 8.84. The van der Waals surface area contributed by atoms with Crippen LogP contribution in [0.3, 0.4) is 0 Å². The van der Waals surface area contributed by atoms with Gasteiger partial charge in [-0.25, -0.2) is 5.43 Å². The Morgan fingerprint density at radius 3 is 2.03 bits per heavy atom. The highest BCUT2D eigenvalue weighted by molar-refractivity contribution is 7.98. The predicted molar refractivity (Wildman–Crippen MR) is 107 cm³/mol. The summed E-state index contributed by atoms with van der Waals surface area (Å²) in [4.78, 5) is 0.887. The lowest BCUT2D eigenvalue weighted by atomic mass is 10.1. The molecule has 0 saturated heterocycles. The van der Waals surface area contributed by atoms with Crippen molar-refractivity contribution in [1.82, 2.24) is 5.43 Å². The minimum Gasteiger partial charge on any atom is -0.242 e. The largest absolute Gasteiger partial charge is 0.462 e. The molecule has 3 aromatic rings. The number of hydrogen-bond acceptors (Lipinski definition) is 3. The van der Waals surface area contributed by atoms with Crippen LogP contribution in [0.5, 0.6) is 0 Å². The SMILES string of the molecule is FC(F)(F)C(F)(F)C(F)(F)N/N=C/c1ccc(SCc2ccccc2)c2ccccc12. The second kappa shape index (κ2) is 8.78. The summed E-state index contributed by atoms with van der Waals surface area (Å²) in [6, 6.07) is 14.2. The Morgan fingerprint density at radius 1 is 0.774 bits per heavy atom. The summed E-state index contributed by atoms with van der Waals surface area (Å²) in [5.41, 5.74) is 2.01. The van der Waals surface area contributed by atoms with E-state index in [0.717, 1.165) is 22.1 Å². The maximum Gasteiger partial charge on any atom is 0.462 e. The zero-order valence-electron chi connectivity index (χ0n) is 15.6. The first kappa shape index (κ1) is 22.9. The van der Waals surface area contributed by atoms with E-state index in [1.807, 2.05) is 30.3 Å². The second-order valence-corrected chi connectivity index (χ2v) is 7.51. The van der Waals surface area contributed by atoms with Crippen molar-refractivity contribution < 1.29 is 30.7 Å². The van der Waals surface area contributed by atoms with Gasteiger partial charge >= 0.3 is 18.1 Å². The van der Waals surface area contributed by atoms with E-state index in [9.17, 15) is 30.7 Å². The average Bonchev–Trinajstić information content (AvgIpc) is 2.72. The third-order valence-corrected chi connectivity index (χ3v) is 5.46. The topological polar surface area (TPSA) is 24.4 Å². The molecule has 0 spiro atoms. The standard InChI is InChI=1S/C21H15F7N2S/c22-19(23,20(24,25)26)21(27,28)30-29-12-15-10-11-18(17-9-5-4-8-16(15)17)31-13-14-6-2-1-3-7-14/h1-12,30H,13H2/b29-12+. The van der Waals surface area contributed by atoms with Crippen LogP contribution in [0.15, 0.2) is 76.7 Å². The summed E-state index contributed by atoms with van der Waals surface area (Å²) in [7, 11) is 0. The molecular weight excluding hydrogens is 445 g/mol. The highest BCUT2D eigenvalue weighted by Gasteiger charge is 2.73. The van der Waals surface area contributed by atoms with Gasteiger partial charge in [0.2, 0.25) is 0 Å². The average molecular weight is 460 g/mol. The molecule has 0 aliphatic heterocycles. The van der Waals surface area contributed by atoms with Gasteiger partial charge in [0.05, 0.1) is 6.21 Å². The van der Waals surface area contributed by atoms with Crippen LogP contribution < -0.4 is 5.43 Å². The lowest BCUT2D eigenvalue weighted by Crippen LogP contribution is -2.58. The maximum atomic E-state index is 13.3. The lowest BCUT2D eigenvalue weighted by molar-refractivity contribution is -0.361. The van der Waals surface area contributed by atoms with Crippen LogP contribution in [0.25, 0.3) is 10.8 Å². The monoisotopic (exact) mass is 460 g/mol. The zero-order valence-corrected chi connectivity index (χ0v) is 16.5. The van der Waals surface area contributed by atoms with Gasteiger partial charge in [0.15, 0.2) is 0 Å². The summed E-state index contributed by atoms with van der Waals surface area (Å²) < 4.78 is 89.2. The molecule has 0 amide bonds. The van der Waals surface area contributed by atoms with E-state index >= 15 is 0 Å². The van der Waals surface area contributed by atoms with Gasteiger partial charge in [0.1, 0.15) is 0 Å². The number of nitrogens with zero attached hydrogens (tertiary/aromatic N) is 1. The van der Waals surface area contributed by atoms with E-state index in [-0.39, 0.29) is 5.56 Å². The number of hydrogen-bond donors (Lipinski definition) is 1. The molecule has 10 heteroatoms. The van der Waals surface area contributed by atoms with Crippen molar-refractivity contribution in [2.24, 2.45) is 5.10 Å². The molecule has 0 aliphatic carbocycles. The van der Waals surface area contributed by atoms with Crippen LogP contribution in [-0.2, 0) is 5.75 Å². The van der Waals surface area contributed by atoms with Gasteiger partial charge in [0, 0.05) is 16.2 Å². The molecular formula is C21H15F7N2S. The van der Waals surface area contributed by atoms with E-state index in [2.05, 4.69) is 5.10 Å². The Morgan fingerprint density at radius 2 is 1.39 bits per heavy atom. The summed E-state index contributed by atoms with van der Waals surface area (Å²) in [6.07, 6.45) is -5.64. The summed E-state index contributed by atoms with van der Waals surface area (Å²) >= 11 is 1.54. The molecule has 1 N–H and O–H groups in total. The number of rotatable bonds is 7. The quantitative estimate of drug-likeness (QED) is 0.137. The molecule has 3 aromatic carbocycles. The van der Waals surface area contributed by atoms with E-state index in [4.69, 9.17) is 0 Å². The fourth-order valence-electron chi connectivity index (χ4n) is 2.70. The van der Waals surface area contributed by atoms with Gasteiger partial charge in [0.25, 0.3) is 0 Å². The predicted octanol–water partition coefficient (Wildman–Crippen LogP) is 6.85. The number of thioether (sulfide) groups is 1. The number of hydrazone groups is 1. The fraction of sp³-hybridized carbons (Fsp3) is 0.190. The summed E-state index contributed by atoms with van der Waals surface area (Å²) in [6.45, 7) is 0. The first-order chi connectivity index (χ1) is 14.5. The Balaban J connectivity index is 1.82. The van der Waals surface area contributed by atoms with Crippen molar-refractivity contribution in [1.29, 1.82) is 0 Å². The molecule has 2 nitrogen and oxygen atoms in total. The van der Waals surface area contributed by atoms with Crippen LogP contribution in [-0.4, -0.2) is 24.4 Å². The summed E-state index contributed by atoms with van der Waals surface area (Å²) in [5.74, 6) is -5.60. The van der Waals surface area contributed by atoms with Crippen LogP contribution in [0, 0.1) is 0 Å². The number of benzene rings is 3. The van der Waals surface area contributed by atoms with Gasteiger partial charge in [-0.15, -0.1) is 11.8 Å². The van der Waals surface area contributed by atoms with Gasteiger partial charge in [-0.2, -0.15) is 35.8 Å². The Kier molecular flexibility index (Phi) is 6.49. The van der Waals surface area contributed by atoms with Crippen molar-refractivity contribution in [2.45, 2.75) is 28.8 Å². The highest BCUT2D eigenvalue weighted by Crippen LogP contribution is 2.45. The van der Waals surface area contributed by atoms with Crippen molar-refractivity contribution in [2.75, 3.05) is 0 Å². The van der Waals surface area contributed by atoms with E-state index in [1.54, 1.807) is 42.1 Å². The minimum atomic E-state index is -6.43. The van der Waals surface area contributed by atoms with Crippen molar-refractivity contribution in [3.63, 3.8) is 0 Å². The van der Waals surface area contributed by atoms with Crippen molar-refractivity contribution >= 4 is 28.7 Å². The third-order valence-electron chi connectivity index (χ3n) is 4.31. The van der Waals surface area contributed by atoms with Crippen LogP contribution >= 0.6 is 11.8 Å². The van der Waals surface area contributed by atoms with E-state index in [1.165, 1.54) is 6.07 Å². The van der Waals surface area contributed by atoms with Gasteiger partial charge in [-0.3, -0.25) is 0 Å². The third kappa shape index (κ3) is 4.95. The molecule has 0 fully saturated rings. The number of alkyl halides is 7. The van der Waals surface area contributed by atoms with Gasteiger partial charge < -0.3 is 0 Å². The molecule has 31 heavy (non-hydrogen) atoms. The van der Waals surface area contributed by atoms with Gasteiger partial charge in [-0.1, -0.05) is 60.7 Å². The Labute approximate surface area is 177 Å². The number of nitrogens with one attached hydrogen (secondary N) is 1. The summed E-state index contributed by atoms with van der Waals surface area (Å²) in [5, 5.41) is 4.30. The molecule has 0 unspecified atom stereocenters. The Bertz CT molecular complexity index is 1070. The molecule has 0 saturated carbocycles. The normalized spacial score (nSPS) is 13.1. The molecule has 164 valence electrons. The highest BCUT2D eigenvalue weighted by atomic mass is 32.2. The van der Waals surface area contributed by atoms with Gasteiger partial charge in [-0.05, 0) is 22.4 Å². The minimum absolute atomic E-state index is 0.276. The Hall–Kier alpha value is -2.75. The smallest absolute Gasteiger partial charge is 0.242 e. The molecule has 3 rings (SSSR count). The molecule has 0 aliphatic rings. The lowest BCUT2D eigenvalue weighted by Gasteiger charge is -2.27. The van der Waals surface area contributed by atoms with Crippen LogP contribution in [0.1, 0.15) is 11.1 Å². The molecule has 0 atom stereocenters. The van der Waals surface area contributed by atoms with E-state index in [0.29, 0.717) is 16.6 Å². The molecule has 0 heterocycles. The fourth-order valence-corrected chi connectivity index (χ4v) is 3.71. The molecule has 0 radical (unpaired) electrons. The number of halogens is 7. The van der Waals surface area contributed by atoms with E-state index < -0.39 is 18.1 Å². The molecule has 0 bridgehead atoms. The zero-order chi connectivity index (χ0) is 22.7. The van der Waals surface area contributed by atoms with Crippen LogP contribution in [0.2, 0.25) is 0 Å². The number of fused-ring (bicyclic) bond motifs is 1. The van der Waals surface area contributed by atoms with Crippen LogP contribution in [0.4, 0.5) is 30.7 Å². The maximum absolute atomic E-state index is 13.3. The first-order valence-corrected chi connectivity index (χ1v) is 9.82. The molecule has 0 aromatic heterocycles.